The minimum atomic E-state index is -3.67. The lowest BCUT2D eigenvalue weighted by atomic mass is 9.89. The molecule has 0 bridgehead atoms. The van der Waals surface area contributed by atoms with Crippen molar-refractivity contribution in [3.05, 3.63) is 52.0 Å². The van der Waals surface area contributed by atoms with Crippen LogP contribution in [-0.4, -0.2) is 42.0 Å². The van der Waals surface area contributed by atoms with Crippen molar-refractivity contribution >= 4 is 44.1 Å². The number of nitrogens with zero attached hydrogens (tertiary/aromatic N) is 2. The molecule has 0 fully saturated rings. The first-order valence-corrected chi connectivity index (χ1v) is 15.5. The second kappa shape index (κ2) is 12.8. The number of primary sulfonamides is 1. The second-order valence-corrected chi connectivity index (χ2v) is 12.7. The number of rotatable bonds is 14. The average Bonchev–Trinajstić information content (AvgIpc) is 3.46. The van der Waals surface area contributed by atoms with Gasteiger partial charge in [-0.2, -0.15) is 0 Å². The quantitative estimate of drug-likeness (QED) is 0.284. The zero-order valence-corrected chi connectivity index (χ0v) is 23.7. The molecule has 0 saturated heterocycles. The molecule has 2 aromatic heterocycles. The lowest BCUT2D eigenvalue weighted by molar-refractivity contribution is -0.125. The first-order chi connectivity index (χ1) is 17.5. The summed E-state index contributed by atoms with van der Waals surface area (Å²) in [5.41, 5.74) is 2.31. The van der Waals surface area contributed by atoms with Gasteiger partial charge in [-0.05, 0) is 54.8 Å². The van der Waals surface area contributed by atoms with Crippen LogP contribution >= 0.6 is 11.3 Å². The number of carbonyl (C=O) groups excluding carboxylic acids is 2. The first kappa shape index (κ1) is 29.0. The molecular weight excluding hydrogens is 508 g/mol. The Labute approximate surface area is 223 Å². The molecule has 10 heteroatoms. The molecule has 37 heavy (non-hydrogen) atoms. The molecule has 1 atom stereocenters. The number of hydrogen-bond acceptors (Lipinski definition) is 6. The van der Waals surface area contributed by atoms with Crippen molar-refractivity contribution in [2.75, 3.05) is 12.3 Å². The van der Waals surface area contributed by atoms with Crippen LogP contribution in [0.5, 0.6) is 0 Å². The highest BCUT2D eigenvalue weighted by Gasteiger charge is 2.25. The van der Waals surface area contributed by atoms with Gasteiger partial charge in [0.15, 0.2) is 5.78 Å². The van der Waals surface area contributed by atoms with Crippen LogP contribution in [0.3, 0.4) is 0 Å². The zero-order valence-electron chi connectivity index (χ0n) is 22.1. The van der Waals surface area contributed by atoms with Crippen molar-refractivity contribution in [2.45, 2.75) is 65.8 Å². The van der Waals surface area contributed by atoms with Crippen molar-refractivity contribution in [1.82, 2.24) is 14.9 Å². The summed E-state index contributed by atoms with van der Waals surface area (Å²) in [5, 5.41) is 9.71. The summed E-state index contributed by atoms with van der Waals surface area (Å²) < 4.78 is 24.7. The molecule has 1 amide bonds. The van der Waals surface area contributed by atoms with Crippen LogP contribution in [0.1, 0.15) is 80.5 Å². The van der Waals surface area contributed by atoms with Crippen molar-refractivity contribution in [3.63, 3.8) is 0 Å². The maximum Gasteiger partial charge on any atom is 0.223 e. The fourth-order valence-electron chi connectivity index (χ4n) is 4.73. The maximum atomic E-state index is 13.3. The van der Waals surface area contributed by atoms with Gasteiger partial charge in [0.25, 0.3) is 0 Å². The first-order valence-electron chi connectivity index (χ1n) is 12.9. The van der Waals surface area contributed by atoms with Crippen LogP contribution in [0.4, 0.5) is 0 Å². The summed E-state index contributed by atoms with van der Waals surface area (Å²) in [4.78, 5) is 32.2. The van der Waals surface area contributed by atoms with Gasteiger partial charge < -0.3 is 9.88 Å². The number of nitrogens with two attached hydrogens (primary N) is 1. The lowest BCUT2D eigenvalue weighted by Gasteiger charge is -2.19. The molecule has 2 heterocycles. The topological polar surface area (TPSA) is 124 Å². The van der Waals surface area contributed by atoms with Gasteiger partial charge in [-0.1, -0.05) is 33.8 Å². The zero-order chi connectivity index (χ0) is 27.2. The van der Waals surface area contributed by atoms with Gasteiger partial charge >= 0.3 is 0 Å². The molecule has 0 aliphatic rings. The van der Waals surface area contributed by atoms with Gasteiger partial charge in [-0.3, -0.25) is 9.59 Å². The fourth-order valence-corrected chi connectivity index (χ4v) is 5.82. The third-order valence-corrected chi connectivity index (χ3v) is 8.20. The Hall–Kier alpha value is -2.56. The summed E-state index contributed by atoms with van der Waals surface area (Å²) in [6, 6.07) is 10.1. The number of sulfonamides is 1. The lowest BCUT2D eigenvalue weighted by Crippen LogP contribution is -2.36. The summed E-state index contributed by atoms with van der Waals surface area (Å²) >= 11 is 1.71. The van der Waals surface area contributed by atoms with E-state index in [0.717, 1.165) is 36.1 Å². The third kappa shape index (κ3) is 7.96. The van der Waals surface area contributed by atoms with Crippen LogP contribution in [0.15, 0.2) is 35.7 Å². The highest BCUT2D eigenvalue weighted by atomic mass is 32.2. The van der Waals surface area contributed by atoms with E-state index in [4.69, 9.17) is 10.1 Å². The minimum absolute atomic E-state index is 0.0419. The van der Waals surface area contributed by atoms with Crippen molar-refractivity contribution in [3.8, 4) is 0 Å². The Bertz CT molecular complexity index is 1310. The standard InChI is InChI=1S/C27H38N4O4S2/c1-5-21(6-2)31-24-10-9-19(15-23(24)30-26(31)17-22-8-7-12-36-22)25(32)16-20(14-18(3)4)27(33)29-11-13-37(28,34)35/h7-10,12,15,18,20-21H,5-6,11,13-14,16-17H2,1-4H3,(H,29,33)(H2,28,34,35)/t20-/m1/s1. The van der Waals surface area contributed by atoms with Gasteiger partial charge in [-0.15, -0.1) is 11.3 Å². The number of hydrogen-bond donors (Lipinski definition) is 2. The number of benzene rings is 1. The Balaban J connectivity index is 1.85. The number of amides is 1. The number of fused-ring (bicyclic) bond motifs is 1. The van der Waals surface area contributed by atoms with E-state index >= 15 is 0 Å². The molecule has 3 rings (SSSR count). The van der Waals surface area contributed by atoms with E-state index in [0.29, 0.717) is 18.0 Å². The Kier molecular flexibility index (Phi) is 10.0. The predicted octanol–water partition coefficient (Wildman–Crippen LogP) is 4.69. The average molecular weight is 547 g/mol. The number of Topliss-reactive ketones (excluding diaryl/α,β-unsaturated/α-hetero) is 1. The molecule has 0 spiro atoms. The highest BCUT2D eigenvalue weighted by molar-refractivity contribution is 7.89. The molecular formula is C27H38N4O4S2. The second-order valence-electron chi connectivity index (χ2n) is 9.94. The Morgan fingerprint density at radius 3 is 2.49 bits per heavy atom. The molecule has 0 unspecified atom stereocenters. The van der Waals surface area contributed by atoms with E-state index < -0.39 is 15.9 Å². The normalized spacial score (nSPS) is 12.9. The smallest absolute Gasteiger partial charge is 0.223 e. The molecule has 8 nitrogen and oxygen atoms in total. The largest absolute Gasteiger partial charge is 0.355 e. The third-order valence-electron chi connectivity index (χ3n) is 6.55. The number of carbonyl (C=O) groups is 2. The minimum Gasteiger partial charge on any atom is -0.355 e. The summed E-state index contributed by atoms with van der Waals surface area (Å²) in [6.45, 7) is 8.25. The summed E-state index contributed by atoms with van der Waals surface area (Å²) in [6.07, 6.45) is 3.26. The van der Waals surface area contributed by atoms with E-state index in [2.05, 4.69) is 35.2 Å². The molecule has 202 valence electrons. The summed E-state index contributed by atoms with van der Waals surface area (Å²) in [5.74, 6) is -0.179. The SMILES string of the molecule is CCC(CC)n1c(Cc2cccs2)nc2cc(C(=O)C[C@@H](CC(C)C)C(=O)NCCS(N)(=O)=O)ccc21. The van der Waals surface area contributed by atoms with Crippen LogP contribution in [-0.2, 0) is 21.2 Å². The predicted molar refractivity (Wildman–Crippen MR) is 149 cm³/mol. The maximum absolute atomic E-state index is 13.3. The Morgan fingerprint density at radius 1 is 1.16 bits per heavy atom. The molecule has 1 aromatic carbocycles. The van der Waals surface area contributed by atoms with Crippen LogP contribution in [0, 0.1) is 11.8 Å². The molecule has 3 aromatic rings. The molecule has 0 aliphatic carbocycles. The Morgan fingerprint density at radius 2 is 1.89 bits per heavy atom. The van der Waals surface area contributed by atoms with Crippen LogP contribution < -0.4 is 10.5 Å². The monoisotopic (exact) mass is 546 g/mol. The number of ketones is 1. The van der Waals surface area contributed by atoms with E-state index in [9.17, 15) is 18.0 Å². The fraction of sp³-hybridized carbons (Fsp3) is 0.519. The number of thiophene rings is 1. The van der Waals surface area contributed by atoms with E-state index in [1.165, 1.54) is 4.88 Å². The van der Waals surface area contributed by atoms with Gasteiger partial charge in [-0.25, -0.2) is 18.5 Å². The molecule has 3 N–H and O–H groups in total. The van der Waals surface area contributed by atoms with Gasteiger partial charge in [0, 0.05) is 41.8 Å². The summed E-state index contributed by atoms with van der Waals surface area (Å²) in [7, 11) is -3.67. The van der Waals surface area contributed by atoms with E-state index in [1.54, 1.807) is 11.3 Å². The molecule has 0 radical (unpaired) electrons. The van der Waals surface area contributed by atoms with E-state index in [1.807, 2.05) is 38.1 Å². The molecule has 0 saturated carbocycles. The van der Waals surface area contributed by atoms with Gasteiger partial charge in [0.1, 0.15) is 5.82 Å². The van der Waals surface area contributed by atoms with Crippen molar-refractivity contribution < 1.29 is 18.0 Å². The van der Waals surface area contributed by atoms with E-state index in [-0.39, 0.29) is 36.3 Å². The van der Waals surface area contributed by atoms with Crippen LogP contribution in [0.2, 0.25) is 0 Å². The number of imidazole rings is 1. The van der Waals surface area contributed by atoms with Gasteiger partial charge in [0.05, 0.1) is 16.8 Å². The van der Waals surface area contributed by atoms with Crippen molar-refractivity contribution in [2.24, 2.45) is 17.0 Å². The molecule has 0 aliphatic heterocycles. The number of nitrogens with one attached hydrogen (secondary N) is 1. The number of aromatic nitrogens is 2. The van der Waals surface area contributed by atoms with Gasteiger partial charge in [0.2, 0.25) is 15.9 Å². The van der Waals surface area contributed by atoms with Crippen LogP contribution in [0.25, 0.3) is 11.0 Å². The highest BCUT2D eigenvalue weighted by Crippen LogP contribution is 2.29. The van der Waals surface area contributed by atoms with Crippen molar-refractivity contribution in [1.29, 1.82) is 0 Å².